The Kier molecular flexibility index (Phi) is 8.92. The van der Waals surface area contributed by atoms with Crippen molar-refractivity contribution in [3.63, 3.8) is 0 Å². The predicted octanol–water partition coefficient (Wildman–Crippen LogP) is 6.36. The molecule has 0 aromatic heterocycles. The summed E-state index contributed by atoms with van der Waals surface area (Å²) in [6.45, 7) is 8.48. The van der Waals surface area contributed by atoms with Gasteiger partial charge >= 0.3 is 0 Å². The van der Waals surface area contributed by atoms with Crippen LogP contribution in [0.15, 0.2) is 83.9 Å². The van der Waals surface area contributed by atoms with Crippen LogP contribution in [0, 0.1) is 13.8 Å². The molecule has 2 fully saturated rings. The largest absolute Gasteiger partial charge is 0.492 e. The zero-order chi connectivity index (χ0) is 27.9. The van der Waals surface area contributed by atoms with E-state index in [0.717, 1.165) is 47.6 Å². The van der Waals surface area contributed by atoms with Crippen LogP contribution in [0.3, 0.4) is 0 Å². The molecule has 1 amide bonds. The van der Waals surface area contributed by atoms with E-state index in [0.29, 0.717) is 23.3 Å². The highest BCUT2D eigenvalue weighted by atomic mass is 16.5. The van der Waals surface area contributed by atoms with Crippen LogP contribution in [0.25, 0.3) is 12.2 Å². The Balaban J connectivity index is 1.32. The van der Waals surface area contributed by atoms with E-state index in [1.807, 2.05) is 98.8 Å². The molecular formula is C35H38N2O3. The molecular weight excluding hydrogens is 496 g/mol. The number of aryl methyl sites for hydroxylation is 2. The van der Waals surface area contributed by atoms with Gasteiger partial charge in [0.1, 0.15) is 12.4 Å². The molecule has 0 N–H and O–H groups in total. The Bertz CT molecular complexity index is 1310. The summed E-state index contributed by atoms with van der Waals surface area (Å²) in [5, 5.41) is 0. The standard InChI is InChI=1S/C35H38N2O3/c1-26-6-10-28(11-7-26)22-31-24-37(25-32(34(31)38)23-29-12-8-27(2)9-13-29)35(39)30-14-16-33(17-15-30)40-21-20-36-18-4-3-5-19-36/h6-17,22-23H,3-5,18-21,24-25H2,1-2H3/b31-22+,32-23+. The van der Waals surface area contributed by atoms with Crippen LogP contribution >= 0.6 is 0 Å². The predicted molar refractivity (Wildman–Crippen MR) is 161 cm³/mol. The second kappa shape index (κ2) is 12.9. The van der Waals surface area contributed by atoms with Crippen molar-refractivity contribution in [2.75, 3.05) is 39.3 Å². The number of benzene rings is 3. The molecule has 0 spiro atoms. The number of hydrogen-bond donors (Lipinski definition) is 0. The van der Waals surface area contributed by atoms with Crippen LogP contribution in [0.1, 0.15) is 51.9 Å². The van der Waals surface area contributed by atoms with E-state index in [2.05, 4.69) is 4.90 Å². The van der Waals surface area contributed by atoms with Crippen molar-refractivity contribution in [2.24, 2.45) is 0 Å². The third kappa shape index (κ3) is 7.16. The summed E-state index contributed by atoms with van der Waals surface area (Å²) in [5.74, 6) is 0.655. The summed E-state index contributed by atoms with van der Waals surface area (Å²) in [6.07, 6.45) is 7.67. The molecule has 5 heteroatoms. The van der Waals surface area contributed by atoms with Crippen LogP contribution in [0.5, 0.6) is 5.75 Å². The van der Waals surface area contributed by atoms with Gasteiger partial charge in [0.2, 0.25) is 0 Å². The van der Waals surface area contributed by atoms with Crippen molar-refractivity contribution in [1.82, 2.24) is 9.80 Å². The number of nitrogens with zero attached hydrogens (tertiary/aromatic N) is 2. The first kappa shape index (κ1) is 27.6. The van der Waals surface area contributed by atoms with E-state index >= 15 is 0 Å². The molecule has 40 heavy (non-hydrogen) atoms. The molecule has 0 atom stereocenters. The minimum absolute atomic E-state index is 0.0114. The second-order valence-electron chi connectivity index (χ2n) is 10.9. The smallest absolute Gasteiger partial charge is 0.254 e. The van der Waals surface area contributed by atoms with Crippen molar-refractivity contribution in [3.05, 3.63) is 112 Å². The first-order chi connectivity index (χ1) is 19.4. The SMILES string of the molecule is Cc1ccc(/C=C2\CN(C(=O)c3ccc(OCCN4CCCCC4)cc3)C/C(=C\c3ccc(C)cc3)C2=O)cc1. The lowest BCUT2D eigenvalue weighted by molar-refractivity contribution is -0.113. The Morgan fingerprint density at radius 2 is 1.27 bits per heavy atom. The lowest BCUT2D eigenvalue weighted by atomic mass is 9.93. The molecule has 3 aromatic rings. The van der Waals surface area contributed by atoms with Crippen molar-refractivity contribution < 1.29 is 14.3 Å². The molecule has 0 bridgehead atoms. The fourth-order valence-corrected chi connectivity index (χ4v) is 5.26. The molecule has 5 rings (SSSR count). The van der Waals surface area contributed by atoms with Crippen LogP contribution in [-0.2, 0) is 4.79 Å². The Labute approximate surface area is 237 Å². The highest BCUT2D eigenvalue weighted by Gasteiger charge is 2.29. The zero-order valence-electron chi connectivity index (χ0n) is 23.6. The van der Waals surface area contributed by atoms with E-state index in [9.17, 15) is 9.59 Å². The van der Waals surface area contributed by atoms with Crippen LogP contribution < -0.4 is 4.74 Å². The lowest BCUT2D eigenvalue weighted by Gasteiger charge is -2.30. The Morgan fingerprint density at radius 3 is 1.80 bits per heavy atom. The van der Waals surface area contributed by atoms with Crippen molar-refractivity contribution >= 4 is 23.8 Å². The molecule has 3 aromatic carbocycles. The van der Waals surface area contributed by atoms with E-state index in [4.69, 9.17) is 4.74 Å². The molecule has 2 heterocycles. The van der Waals surface area contributed by atoms with Gasteiger partial charge in [0.25, 0.3) is 5.91 Å². The average Bonchev–Trinajstić information content (AvgIpc) is 2.98. The van der Waals surface area contributed by atoms with Gasteiger partial charge in [-0.15, -0.1) is 0 Å². The van der Waals surface area contributed by atoms with Crippen LogP contribution in [0.2, 0.25) is 0 Å². The van der Waals surface area contributed by atoms with Gasteiger partial charge in [-0.2, -0.15) is 0 Å². The Hall–Kier alpha value is -3.96. The van der Waals surface area contributed by atoms with Crippen molar-refractivity contribution in [2.45, 2.75) is 33.1 Å². The number of rotatable bonds is 7. The maximum absolute atomic E-state index is 13.6. The summed E-state index contributed by atoms with van der Waals surface area (Å²) < 4.78 is 5.96. The summed E-state index contributed by atoms with van der Waals surface area (Å²) >= 11 is 0. The first-order valence-corrected chi connectivity index (χ1v) is 14.3. The number of Topliss-reactive ketones (excluding diaryl/α,β-unsaturated/α-hetero) is 1. The number of ether oxygens (including phenoxy) is 1. The third-order valence-electron chi connectivity index (χ3n) is 7.66. The van der Waals surface area contributed by atoms with Crippen LogP contribution in [-0.4, -0.2) is 60.8 Å². The molecule has 0 saturated carbocycles. The van der Waals surface area contributed by atoms with Gasteiger partial charge in [0.15, 0.2) is 5.78 Å². The van der Waals surface area contributed by atoms with Gasteiger partial charge in [0, 0.05) is 23.3 Å². The maximum Gasteiger partial charge on any atom is 0.254 e. The lowest BCUT2D eigenvalue weighted by Crippen LogP contribution is -2.41. The number of ketones is 1. The fraction of sp³-hybridized carbons (Fsp3) is 0.314. The number of piperidine rings is 2. The highest BCUT2D eigenvalue weighted by molar-refractivity contribution is 6.15. The molecule has 2 aliphatic rings. The van der Waals surface area contributed by atoms with E-state index in [1.54, 1.807) is 4.90 Å². The fourth-order valence-electron chi connectivity index (χ4n) is 5.26. The van der Waals surface area contributed by atoms with Gasteiger partial charge in [-0.25, -0.2) is 0 Å². The molecule has 0 unspecified atom stereocenters. The second-order valence-corrected chi connectivity index (χ2v) is 10.9. The average molecular weight is 535 g/mol. The van der Waals surface area contributed by atoms with Crippen molar-refractivity contribution in [1.29, 1.82) is 0 Å². The summed E-state index contributed by atoms with van der Waals surface area (Å²) in [4.78, 5) is 31.4. The number of carbonyl (C=O) groups is 2. The van der Waals surface area contributed by atoms with Crippen LogP contribution in [0.4, 0.5) is 0 Å². The van der Waals surface area contributed by atoms with Gasteiger partial charge < -0.3 is 9.64 Å². The quantitative estimate of drug-likeness (QED) is 0.331. The summed E-state index contributed by atoms with van der Waals surface area (Å²) in [6, 6.07) is 23.5. The van der Waals surface area contributed by atoms with Gasteiger partial charge in [-0.05, 0) is 87.3 Å². The number of carbonyl (C=O) groups excluding carboxylic acids is 2. The molecule has 0 radical (unpaired) electrons. The van der Waals surface area contributed by atoms with E-state index < -0.39 is 0 Å². The third-order valence-corrected chi connectivity index (χ3v) is 7.66. The maximum atomic E-state index is 13.6. The van der Waals surface area contributed by atoms with Crippen molar-refractivity contribution in [3.8, 4) is 5.75 Å². The summed E-state index contributed by atoms with van der Waals surface area (Å²) in [5.41, 5.74) is 6.02. The molecule has 206 valence electrons. The number of likely N-dealkylation sites (tertiary alicyclic amines) is 2. The molecule has 2 aliphatic heterocycles. The minimum atomic E-state index is -0.100. The summed E-state index contributed by atoms with van der Waals surface area (Å²) in [7, 11) is 0. The molecule has 2 saturated heterocycles. The Morgan fingerprint density at radius 1 is 0.750 bits per heavy atom. The minimum Gasteiger partial charge on any atom is -0.492 e. The van der Waals surface area contributed by atoms with E-state index in [1.165, 1.54) is 19.3 Å². The molecule has 5 nitrogen and oxygen atoms in total. The van der Waals surface area contributed by atoms with Gasteiger partial charge in [-0.1, -0.05) is 66.1 Å². The number of amides is 1. The zero-order valence-corrected chi connectivity index (χ0v) is 23.6. The topological polar surface area (TPSA) is 49.9 Å². The highest BCUT2D eigenvalue weighted by Crippen LogP contribution is 2.25. The van der Waals surface area contributed by atoms with Gasteiger partial charge in [-0.3, -0.25) is 14.5 Å². The van der Waals surface area contributed by atoms with E-state index in [-0.39, 0.29) is 24.8 Å². The molecule has 0 aliphatic carbocycles. The number of hydrogen-bond acceptors (Lipinski definition) is 4. The monoisotopic (exact) mass is 534 g/mol. The first-order valence-electron chi connectivity index (χ1n) is 14.3. The normalized spacial score (nSPS) is 18.4. The van der Waals surface area contributed by atoms with Gasteiger partial charge in [0.05, 0.1) is 13.1 Å².